The van der Waals surface area contributed by atoms with E-state index in [1.54, 1.807) is 11.3 Å². The molecule has 0 saturated heterocycles. The van der Waals surface area contributed by atoms with Crippen LogP contribution in [0.15, 0.2) is 38.6 Å². The van der Waals surface area contributed by atoms with Crippen LogP contribution in [0.2, 0.25) is 0 Å². The van der Waals surface area contributed by atoms with Gasteiger partial charge in [0.05, 0.1) is 9.89 Å². The molecule has 0 radical (unpaired) electrons. The van der Waals surface area contributed by atoms with Crippen LogP contribution in [0.5, 0.6) is 0 Å². The van der Waals surface area contributed by atoms with Crippen LogP contribution >= 0.6 is 65.8 Å². The lowest BCUT2D eigenvalue weighted by Crippen LogP contribution is -2.02. The zero-order chi connectivity index (χ0) is 12.4. The van der Waals surface area contributed by atoms with Crippen molar-refractivity contribution in [2.45, 2.75) is 12.5 Å². The van der Waals surface area contributed by atoms with Gasteiger partial charge in [-0.2, -0.15) is 0 Å². The van der Waals surface area contributed by atoms with Gasteiger partial charge in [0.1, 0.15) is 0 Å². The highest BCUT2D eigenvalue weighted by Gasteiger charge is 2.13. The predicted molar refractivity (Wildman–Crippen MR) is 87.5 cm³/mol. The largest absolute Gasteiger partial charge is 0.388 e. The maximum Gasteiger partial charge on any atom is 0.0848 e. The normalized spacial score (nSPS) is 12.7. The number of aliphatic hydroxyl groups excluding tert-OH is 1. The van der Waals surface area contributed by atoms with E-state index in [0.717, 1.165) is 17.4 Å². The van der Waals surface area contributed by atoms with E-state index in [4.69, 9.17) is 0 Å². The second kappa shape index (κ2) is 6.14. The minimum atomic E-state index is -0.454. The number of thiophene rings is 1. The van der Waals surface area contributed by atoms with E-state index in [0.29, 0.717) is 6.42 Å². The molecule has 1 aromatic carbocycles. The average Bonchev–Trinajstić information content (AvgIpc) is 2.67. The molecule has 1 aromatic heterocycles. The van der Waals surface area contributed by atoms with Crippen LogP contribution in [0.3, 0.4) is 0 Å². The number of aliphatic hydroxyl groups is 1. The highest BCUT2D eigenvalue weighted by Crippen LogP contribution is 2.30. The first-order valence-corrected chi connectivity index (χ1v) is 8.41. The molecule has 17 heavy (non-hydrogen) atoms. The van der Waals surface area contributed by atoms with E-state index in [1.807, 2.05) is 30.3 Å². The van der Waals surface area contributed by atoms with Crippen molar-refractivity contribution in [3.63, 3.8) is 0 Å². The third-order valence-corrected chi connectivity index (χ3v) is 5.46. The summed E-state index contributed by atoms with van der Waals surface area (Å²) in [4.78, 5) is 1.18. The van der Waals surface area contributed by atoms with Crippen molar-refractivity contribution in [1.29, 1.82) is 0 Å². The van der Waals surface area contributed by atoms with Crippen molar-refractivity contribution in [2.24, 2.45) is 0 Å². The summed E-state index contributed by atoms with van der Waals surface area (Å²) in [5.74, 6) is 0. The Labute approximate surface area is 135 Å². The van der Waals surface area contributed by atoms with Crippen LogP contribution in [0.25, 0.3) is 0 Å². The molecular weight excluding hydrogens is 479 g/mol. The molecule has 0 bridgehead atoms. The van der Waals surface area contributed by atoms with Gasteiger partial charge in [-0.25, -0.2) is 0 Å². The highest BCUT2D eigenvalue weighted by molar-refractivity contribution is 14.1. The molecule has 1 heterocycles. The summed E-state index contributed by atoms with van der Waals surface area (Å²) < 4.78 is 3.19. The van der Waals surface area contributed by atoms with Gasteiger partial charge in [-0.3, -0.25) is 0 Å². The second-order valence-corrected chi connectivity index (χ2v) is 8.22. The Morgan fingerprint density at radius 1 is 1.24 bits per heavy atom. The van der Waals surface area contributed by atoms with Gasteiger partial charge in [0.25, 0.3) is 0 Å². The zero-order valence-corrected chi connectivity index (χ0v) is 14.8. The Bertz CT molecular complexity index is 527. The van der Waals surface area contributed by atoms with Gasteiger partial charge < -0.3 is 5.11 Å². The van der Waals surface area contributed by atoms with Gasteiger partial charge in [0.2, 0.25) is 0 Å². The van der Waals surface area contributed by atoms with Crippen LogP contribution < -0.4 is 0 Å². The van der Waals surface area contributed by atoms with Gasteiger partial charge in [0.15, 0.2) is 0 Å². The summed E-state index contributed by atoms with van der Waals surface area (Å²) >= 11 is 10.8. The molecule has 0 aliphatic carbocycles. The summed E-state index contributed by atoms with van der Waals surface area (Å²) in [5, 5.41) is 10.3. The molecule has 90 valence electrons. The molecular formula is C12H9Br2IOS. The molecule has 0 spiro atoms. The zero-order valence-electron chi connectivity index (χ0n) is 8.66. The summed E-state index contributed by atoms with van der Waals surface area (Å²) in [6.07, 6.45) is 0.202. The van der Waals surface area contributed by atoms with E-state index in [2.05, 4.69) is 54.5 Å². The molecule has 0 saturated carbocycles. The van der Waals surface area contributed by atoms with Crippen molar-refractivity contribution in [3.8, 4) is 0 Å². The Hall–Kier alpha value is 0.570. The topological polar surface area (TPSA) is 20.2 Å². The van der Waals surface area contributed by atoms with Crippen molar-refractivity contribution in [1.82, 2.24) is 0 Å². The summed E-state index contributed by atoms with van der Waals surface area (Å²) in [5.41, 5.74) is 0.976. The molecule has 1 unspecified atom stereocenters. The average molecular weight is 488 g/mol. The van der Waals surface area contributed by atoms with Gasteiger partial charge in [-0.15, -0.1) is 11.3 Å². The van der Waals surface area contributed by atoms with Crippen LogP contribution in [-0.2, 0) is 6.42 Å². The maximum absolute atomic E-state index is 10.3. The van der Waals surface area contributed by atoms with Crippen molar-refractivity contribution >= 4 is 65.8 Å². The molecule has 0 amide bonds. The Balaban J connectivity index is 2.19. The monoisotopic (exact) mass is 486 g/mol. The lowest BCUT2D eigenvalue weighted by Gasteiger charge is -2.12. The van der Waals surface area contributed by atoms with Crippen LogP contribution in [0, 0.1) is 3.57 Å². The Morgan fingerprint density at radius 2 is 2.00 bits per heavy atom. The third-order valence-electron chi connectivity index (χ3n) is 2.34. The van der Waals surface area contributed by atoms with Gasteiger partial charge in [0, 0.05) is 19.3 Å². The predicted octanol–water partition coefficient (Wildman–Crippen LogP) is 5.15. The lowest BCUT2D eigenvalue weighted by molar-refractivity contribution is 0.178. The van der Waals surface area contributed by atoms with E-state index in [1.165, 1.54) is 4.88 Å². The first-order valence-electron chi connectivity index (χ1n) is 4.93. The molecule has 1 N–H and O–H groups in total. The van der Waals surface area contributed by atoms with Gasteiger partial charge in [-0.1, -0.05) is 15.9 Å². The smallest absolute Gasteiger partial charge is 0.0848 e. The third kappa shape index (κ3) is 3.76. The molecule has 0 aliphatic rings. The van der Waals surface area contributed by atoms with Gasteiger partial charge in [-0.05, 0) is 74.4 Å². The van der Waals surface area contributed by atoms with Crippen molar-refractivity contribution in [2.75, 3.05) is 0 Å². The molecule has 1 atom stereocenters. The fourth-order valence-corrected chi connectivity index (χ4v) is 4.13. The lowest BCUT2D eigenvalue weighted by atomic mass is 10.1. The van der Waals surface area contributed by atoms with Crippen molar-refractivity contribution in [3.05, 3.63) is 52.6 Å². The number of hydrogen-bond donors (Lipinski definition) is 1. The fraction of sp³-hybridized carbons (Fsp3) is 0.167. The van der Waals surface area contributed by atoms with E-state index in [9.17, 15) is 5.11 Å². The first-order chi connectivity index (χ1) is 8.06. The Kier molecular flexibility index (Phi) is 5.06. The van der Waals surface area contributed by atoms with E-state index in [-0.39, 0.29) is 0 Å². The van der Waals surface area contributed by atoms with Crippen molar-refractivity contribution < 1.29 is 5.11 Å². The quantitative estimate of drug-likeness (QED) is 0.593. The fourth-order valence-electron chi connectivity index (χ4n) is 1.53. The number of hydrogen-bond acceptors (Lipinski definition) is 2. The summed E-state index contributed by atoms with van der Waals surface area (Å²) in [6, 6.07) is 10.0. The molecule has 1 nitrogen and oxygen atoms in total. The molecule has 2 aromatic rings. The van der Waals surface area contributed by atoms with Crippen LogP contribution in [-0.4, -0.2) is 5.11 Å². The van der Waals surface area contributed by atoms with Gasteiger partial charge >= 0.3 is 0 Å². The number of rotatable bonds is 3. The molecule has 0 aliphatic heterocycles. The molecule has 5 heteroatoms. The standard InChI is InChI=1S/C12H9Br2IOS/c13-7-1-3-10(15)9(5-7)11(16)6-8-2-4-12(14)17-8/h1-5,11,16H,6H2. The van der Waals surface area contributed by atoms with Crippen LogP contribution in [0.4, 0.5) is 0 Å². The van der Waals surface area contributed by atoms with E-state index < -0.39 is 6.10 Å². The number of benzene rings is 1. The minimum Gasteiger partial charge on any atom is -0.388 e. The van der Waals surface area contributed by atoms with Crippen LogP contribution in [0.1, 0.15) is 16.5 Å². The van der Waals surface area contributed by atoms with E-state index >= 15 is 0 Å². The molecule has 0 fully saturated rings. The summed E-state index contributed by atoms with van der Waals surface area (Å²) in [7, 11) is 0. The maximum atomic E-state index is 10.3. The summed E-state index contributed by atoms with van der Waals surface area (Å²) in [6.45, 7) is 0. The second-order valence-electron chi connectivity index (χ2n) is 3.59. The number of halogens is 3. The highest BCUT2D eigenvalue weighted by atomic mass is 127. The minimum absolute atomic E-state index is 0.454. The Morgan fingerprint density at radius 3 is 2.65 bits per heavy atom. The SMILES string of the molecule is OC(Cc1ccc(Br)s1)c1cc(Br)ccc1I. The first kappa shape index (κ1) is 14.0. The molecule has 2 rings (SSSR count).